The number of aliphatic hydroxyl groups is 1. The van der Waals surface area contributed by atoms with Crippen molar-refractivity contribution in [3.8, 4) is 17.0 Å². The highest BCUT2D eigenvalue weighted by atomic mass is 16.5. The molecule has 0 saturated heterocycles. The van der Waals surface area contributed by atoms with E-state index in [1.165, 1.54) is 6.33 Å². The highest BCUT2D eigenvalue weighted by Crippen LogP contribution is 2.20. The van der Waals surface area contributed by atoms with Crippen molar-refractivity contribution in [1.29, 1.82) is 0 Å². The topological polar surface area (TPSA) is 55.2 Å². The summed E-state index contributed by atoms with van der Waals surface area (Å²) >= 11 is 0. The standard InChI is InChI=1S/C12H12N2O2/c1-16-11-4-2-9(3-5-11)12-6-10(7-15)13-8-14-12/h2-6,8,15H,7H2,1H3. The predicted molar refractivity (Wildman–Crippen MR) is 59.9 cm³/mol. The van der Waals surface area contributed by atoms with E-state index >= 15 is 0 Å². The lowest BCUT2D eigenvalue weighted by molar-refractivity contribution is 0.276. The molecule has 82 valence electrons. The van der Waals surface area contributed by atoms with Gasteiger partial charge in [0, 0.05) is 5.56 Å². The third kappa shape index (κ3) is 2.17. The van der Waals surface area contributed by atoms with Crippen LogP contribution < -0.4 is 4.74 Å². The highest BCUT2D eigenvalue weighted by Gasteiger charge is 2.01. The Kier molecular flexibility index (Phi) is 3.12. The first-order valence-electron chi connectivity index (χ1n) is 4.89. The molecule has 1 heterocycles. The first-order valence-corrected chi connectivity index (χ1v) is 4.89. The molecule has 0 atom stereocenters. The van der Waals surface area contributed by atoms with Crippen molar-refractivity contribution >= 4 is 0 Å². The van der Waals surface area contributed by atoms with Gasteiger partial charge in [-0.05, 0) is 30.3 Å². The molecule has 2 rings (SSSR count). The number of nitrogens with zero attached hydrogens (tertiary/aromatic N) is 2. The average molecular weight is 216 g/mol. The Bertz CT molecular complexity index is 469. The minimum Gasteiger partial charge on any atom is -0.497 e. The van der Waals surface area contributed by atoms with Crippen LogP contribution >= 0.6 is 0 Å². The molecule has 16 heavy (non-hydrogen) atoms. The Morgan fingerprint density at radius 1 is 1.19 bits per heavy atom. The zero-order chi connectivity index (χ0) is 11.4. The molecular formula is C12H12N2O2. The first-order chi connectivity index (χ1) is 7.83. The van der Waals surface area contributed by atoms with Gasteiger partial charge in [-0.3, -0.25) is 0 Å². The first kappa shape index (κ1) is 10.6. The molecule has 4 heteroatoms. The molecule has 0 amide bonds. The number of aliphatic hydroxyl groups excluding tert-OH is 1. The van der Waals surface area contributed by atoms with Crippen molar-refractivity contribution in [2.45, 2.75) is 6.61 Å². The second-order valence-electron chi connectivity index (χ2n) is 3.28. The van der Waals surface area contributed by atoms with Crippen molar-refractivity contribution in [1.82, 2.24) is 9.97 Å². The summed E-state index contributed by atoms with van der Waals surface area (Å²) in [5.74, 6) is 0.806. The van der Waals surface area contributed by atoms with Crippen LogP contribution in [0.2, 0.25) is 0 Å². The van der Waals surface area contributed by atoms with Crippen molar-refractivity contribution < 1.29 is 9.84 Å². The van der Waals surface area contributed by atoms with Gasteiger partial charge < -0.3 is 9.84 Å². The van der Waals surface area contributed by atoms with Crippen LogP contribution in [-0.4, -0.2) is 22.2 Å². The molecule has 0 unspecified atom stereocenters. The molecular weight excluding hydrogens is 204 g/mol. The number of methoxy groups -OCH3 is 1. The van der Waals surface area contributed by atoms with Crippen molar-refractivity contribution in [3.63, 3.8) is 0 Å². The number of ether oxygens (including phenoxy) is 1. The quantitative estimate of drug-likeness (QED) is 0.847. The molecule has 0 aliphatic carbocycles. The molecule has 2 aromatic rings. The van der Waals surface area contributed by atoms with Crippen molar-refractivity contribution in [3.05, 3.63) is 42.4 Å². The van der Waals surface area contributed by atoms with E-state index < -0.39 is 0 Å². The predicted octanol–water partition coefficient (Wildman–Crippen LogP) is 1.64. The molecule has 0 saturated carbocycles. The van der Waals surface area contributed by atoms with E-state index in [0.29, 0.717) is 5.69 Å². The average Bonchev–Trinajstić information content (AvgIpc) is 2.39. The molecule has 0 aliphatic rings. The minimum absolute atomic E-state index is 0.0777. The number of benzene rings is 1. The van der Waals surface area contributed by atoms with E-state index in [2.05, 4.69) is 9.97 Å². The fraction of sp³-hybridized carbons (Fsp3) is 0.167. The van der Waals surface area contributed by atoms with E-state index in [1.807, 2.05) is 24.3 Å². The van der Waals surface area contributed by atoms with Gasteiger partial charge in [-0.2, -0.15) is 0 Å². The van der Waals surface area contributed by atoms with Gasteiger partial charge >= 0.3 is 0 Å². The third-order valence-electron chi connectivity index (χ3n) is 2.27. The largest absolute Gasteiger partial charge is 0.497 e. The number of hydrogen-bond acceptors (Lipinski definition) is 4. The van der Waals surface area contributed by atoms with Crippen LogP contribution in [0.1, 0.15) is 5.69 Å². The van der Waals surface area contributed by atoms with Gasteiger partial charge in [0.05, 0.1) is 25.1 Å². The molecule has 1 aromatic heterocycles. The van der Waals surface area contributed by atoms with Crippen LogP contribution in [0.3, 0.4) is 0 Å². The van der Waals surface area contributed by atoms with E-state index in [4.69, 9.17) is 9.84 Å². The molecule has 0 fully saturated rings. The minimum atomic E-state index is -0.0777. The van der Waals surface area contributed by atoms with Crippen molar-refractivity contribution in [2.24, 2.45) is 0 Å². The van der Waals surface area contributed by atoms with Gasteiger partial charge in [0.25, 0.3) is 0 Å². The van der Waals surface area contributed by atoms with Crippen LogP contribution in [0.5, 0.6) is 5.75 Å². The molecule has 0 aliphatic heterocycles. The van der Waals surface area contributed by atoms with Gasteiger partial charge in [0.15, 0.2) is 0 Å². The van der Waals surface area contributed by atoms with E-state index in [-0.39, 0.29) is 6.61 Å². The maximum absolute atomic E-state index is 8.98. The van der Waals surface area contributed by atoms with Gasteiger partial charge in [-0.1, -0.05) is 0 Å². The zero-order valence-electron chi connectivity index (χ0n) is 8.92. The fourth-order valence-corrected chi connectivity index (χ4v) is 1.40. The summed E-state index contributed by atoms with van der Waals surface area (Å²) in [5.41, 5.74) is 2.38. The van der Waals surface area contributed by atoms with Crippen molar-refractivity contribution in [2.75, 3.05) is 7.11 Å². The zero-order valence-corrected chi connectivity index (χ0v) is 8.92. The van der Waals surface area contributed by atoms with E-state index in [1.54, 1.807) is 13.2 Å². The summed E-state index contributed by atoms with van der Waals surface area (Å²) in [6, 6.07) is 9.35. The summed E-state index contributed by atoms with van der Waals surface area (Å²) in [7, 11) is 1.63. The molecule has 4 nitrogen and oxygen atoms in total. The summed E-state index contributed by atoms with van der Waals surface area (Å²) in [4.78, 5) is 8.08. The molecule has 0 bridgehead atoms. The number of hydrogen-bond donors (Lipinski definition) is 1. The third-order valence-corrected chi connectivity index (χ3v) is 2.27. The second kappa shape index (κ2) is 4.72. The summed E-state index contributed by atoms with van der Waals surface area (Å²) in [5, 5.41) is 8.98. The van der Waals surface area contributed by atoms with Gasteiger partial charge in [0.1, 0.15) is 12.1 Å². The lowest BCUT2D eigenvalue weighted by atomic mass is 10.1. The van der Waals surface area contributed by atoms with Crippen LogP contribution in [-0.2, 0) is 6.61 Å². The van der Waals surface area contributed by atoms with E-state index in [0.717, 1.165) is 17.0 Å². The van der Waals surface area contributed by atoms with E-state index in [9.17, 15) is 0 Å². The lowest BCUT2D eigenvalue weighted by Gasteiger charge is -2.03. The summed E-state index contributed by atoms with van der Waals surface area (Å²) in [6.07, 6.45) is 1.45. The monoisotopic (exact) mass is 216 g/mol. The SMILES string of the molecule is COc1ccc(-c2cc(CO)ncn2)cc1. The maximum Gasteiger partial charge on any atom is 0.118 e. The number of aromatic nitrogens is 2. The van der Waals surface area contributed by atoms with Crippen LogP contribution in [0.25, 0.3) is 11.3 Å². The van der Waals surface area contributed by atoms with Gasteiger partial charge in [-0.25, -0.2) is 9.97 Å². The Balaban J connectivity index is 2.34. The molecule has 0 radical (unpaired) electrons. The number of rotatable bonds is 3. The Hall–Kier alpha value is -1.94. The Labute approximate surface area is 93.6 Å². The highest BCUT2D eigenvalue weighted by molar-refractivity contribution is 5.60. The van der Waals surface area contributed by atoms with Crippen LogP contribution in [0.4, 0.5) is 0 Å². The smallest absolute Gasteiger partial charge is 0.118 e. The van der Waals surface area contributed by atoms with Crippen LogP contribution in [0.15, 0.2) is 36.7 Å². The normalized spacial score (nSPS) is 10.1. The van der Waals surface area contributed by atoms with Gasteiger partial charge in [-0.15, -0.1) is 0 Å². The molecule has 1 N–H and O–H groups in total. The molecule has 1 aromatic carbocycles. The molecule has 0 spiro atoms. The van der Waals surface area contributed by atoms with Crippen LogP contribution in [0, 0.1) is 0 Å². The Morgan fingerprint density at radius 2 is 1.94 bits per heavy atom. The lowest BCUT2D eigenvalue weighted by Crippen LogP contribution is -1.92. The summed E-state index contributed by atoms with van der Waals surface area (Å²) in [6.45, 7) is -0.0777. The van der Waals surface area contributed by atoms with Gasteiger partial charge in [0.2, 0.25) is 0 Å². The maximum atomic E-state index is 8.98. The fourth-order valence-electron chi connectivity index (χ4n) is 1.40. The Morgan fingerprint density at radius 3 is 2.56 bits per heavy atom. The summed E-state index contributed by atoms with van der Waals surface area (Å²) < 4.78 is 5.08. The second-order valence-corrected chi connectivity index (χ2v) is 3.28.